The zero-order valence-corrected chi connectivity index (χ0v) is 8.06. The Bertz CT molecular complexity index is 127. The summed E-state index contributed by atoms with van der Waals surface area (Å²) in [4.78, 5) is 0. The van der Waals surface area contributed by atoms with E-state index in [1.165, 1.54) is 19.3 Å². The van der Waals surface area contributed by atoms with Gasteiger partial charge in [-0.05, 0) is 43.1 Å². The molecule has 1 nitrogen and oxygen atoms in total. The lowest BCUT2D eigenvalue weighted by Gasteiger charge is -2.31. The van der Waals surface area contributed by atoms with Crippen molar-refractivity contribution >= 4 is 0 Å². The predicted octanol–water partition coefficient (Wildman–Crippen LogP) is 2.41. The third-order valence-corrected chi connectivity index (χ3v) is 3.79. The van der Waals surface area contributed by atoms with Gasteiger partial charge in [0.1, 0.15) is 0 Å². The Kier molecular flexibility index (Phi) is 2.58. The van der Waals surface area contributed by atoms with E-state index in [1.54, 1.807) is 0 Å². The first kappa shape index (κ1) is 9.05. The van der Waals surface area contributed by atoms with Gasteiger partial charge in [0.2, 0.25) is 0 Å². The van der Waals surface area contributed by atoms with Crippen LogP contribution >= 0.6 is 0 Å². The maximum Gasteiger partial charge on any atom is -0.00744 e. The summed E-state index contributed by atoms with van der Waals surface area (Å²) in [5, 5.41) is 0. The molecule has 0 radical (unpaired) electrons. The number of nitrogens with two attached hydrogens (primary N) is 1. The van der Waals surface area contributed by atoms with Crippen molar-refractivity contribution < 1.29 is 0 Å². The molecular formula is C10H21N. The third kappa shape index (κ3) is 1.58. The zero-order valence-electron chi connectivity index (χ0n) is 8.06. The molecule has 2 N–H and O–H groups in total. The molecule has 1 fully saturated rings. The van der Waals surface area contributed by atoms with Gasteiger partial charge in [0.05, 0.1) is 0 Å². The van der Waals surface area contributed by atoms with Crippen LogP contribution in [-0.4, -0.2) is 6.54 Å². The first-order valence-electron chi connectivity index (χ1n) is 4.79. The second kappa shape index (κ2) is 3.14. The van der Waals surface area contributed by atoms with Gasteiger partial charge < -0.3 is 5.73 Å². The molecule has 0 heterocycles. The number of hydrogen-bond acceptors (Lipinski definition) is 1. The van der Waals surface area contributed by atoms with E-state index in [4.69, 9.17) is 5.73 Å². The van der Waals surface area contributed by atoms with Crippen LogP contribution in [-0.2, 0) is 0 Å². The summed E-state index contributed by atoms with van der Waals surface area (Å²) < 4.78 is 0. The van der Waals surface area contributed by atoms with Crippen molar-refractivity contribution in [2.45, 2.75) is 40.0 Å². The highest BCUT2D eigenvalue weighted by atomic mass is 14.5. The van der Waals surface area contributed by atoms with Crippen LogP contribution in [0.4, 0.5) is 0 Å². The Morgan fingerprint density at radius 1 is 1.36 bits per heavy atom. The Balaban J connectivity index is 2.55. The average Bonchev–Trinajstić information content (AvgIpc) is 2.16. The van der Waals surface area contributed by atoms with Crippen LogP contribution in [0.15, 0.2) is 0 Å². The van der Waals surface area contributed by atoms with Gasteiger partial charge in [0, 0.05) is 0 Å². The molecule has 0 amide bonds. The minimum atomic E-state index is 0.541. The van der Waals surface area contributed by atoms with Gasteiger partial charge in [0.25, 0.3) is 0 Å². The van der Waals surface area contributed by atoms with Gasteiger partial charge in [-0.1, -0.05) is 20.8 Å². The molecule has 0 bridgehead atoms. The monoisotopic (exact) mass is 155 g/mol. The fraction of sp³-hybridized carbons (Fsp3) is 1.00. The van der Waals surface area contributed by atoms with Crippen molar-refractivity contribution in [3.8, 4) is 0 Å². The number of rotatable bonds is 2. The van der Waals surface area contributed by atoms with Crippen LogP contribution in [0.1, 0.15) is 40.0 Å². The molecule has 1 aliphatic rings. The highest BCUT2D eigenvalue weighted by molar-refractivity contribution is 4.89. The summed E-state index contributed by atoms with van der Waals surface area (Å²) in [5.74, 6) is 1.77. The van der Waals surface area contributed by atoms with E-state index in [2.05, 4.69) is 20.8 Å². The highest BCUT2D eigenvalue weighted by Crippen LogP contribution is 2.48. The minimum Gasteiger partial charge on any atom is -0.330 e. The minimum absolute atomic E-state index is 0.541. The van der Waals surface area contributed by atoms with E-state index in [1.807, 2.05) is 0 Å². The van der Waals surface area contributed by atoms with Crippen LogP contribution in [0.5, 0.6) is 0 Å². The summed E-state index contributed by atoms with van der Waals surface area (Å²) in [5.41, 5.74) is 6.12. The first-order chi connectivity index (χ1) is 5.09. The van der Waals surface area contributed by atoms with E-state index in [-0.39, 0.29) is 0 Å². The molecular weight excluding hydrogens is 134 g/mol. The highest BCUT2D eigenvalue weighted by Gasteiger charge is 2.39. The normalized spacial score (nSPS) is 36.0. The quantitative estimate of drug-likeness (QED) is 0.651. The predicted molar refractivity (Wildman–Crippen MR) is 49.3 cm³/mol. The smallest absolute Gasteiger partial charge is 0.00744 e. The maximum atomic E-state index is 5.57. The molecule has 1 rings (SSSR count). The topological polar surface area (TPSA) is 26.0 Å². The van der Waals surface area contributed by atoms with E-state index in [9.17, 15) is 0 Å². The molecule has 1 saturated carbocycles. The Morgan fingerprint density at radius 2 is 2.00 bits per heavy atom. The van der Waals surface area contributed by atoms with Gasteiger partial charge >= 0.3 is 0 Å². The molecule has 0 unspecified atom stereocenters. The molecule has 2 atom stereocenters. The van der Waals surface area contributed by atoms with Gasteiger partial charge in [-0.15, -0.1) is 0 Å². The number of hydrogen-bond donors (Lipinski definition) is 1. The van der Waals surface area contributed by atoms with Crippen molar-refractivity contribution in [2.75, 3.05) is 6.54 Å². The van der Waals surface area contributed by atoms with Crippen molar-refractivity contribution in [2.24, 2.45) is 23.0 Å². The van der Waals surface area contributed by atoms with Crippen molar-refractivity contribution in [1.82, 2.24) is 0 Å². The zero-order chi connectivity index (χ0) is 8.48. The average molecular weight is 155 g/mol. The maximum absolute atomic E-state index is 5.57. The second-order valence-electron chi connectivity index (χ2n) is 4.57. The molecule has 0 aromatic heterocycles. The fourth-order valence-corrected chi connectivity index (χ4v) is 2.32. The summed E-state index contributed by atoms with van der Waals surface area (Å²) in [7, 11) is 0. The molecule has 0 aliphatic heterocycles. The van der Waals surface area contributed by atoms with E-state index < -0.39 is 0 Å². The molecule has 66 valence electrons. The lowest BCUT2D eigenvalue weighted by atomic mass is 9.75. The standard InChI is InChI=1S/C10H21N/c1-8-4-5-9(6-7-11)10(8,2)3/h8-9H,4-7,11H2,1-3H3/t8-,9+/m0/s1. The molecule has 0 spiro atoms. The third-order valence-electron chi connectivity index (χ3n) is 3.79. The summed E-state index contributed by atoms with van der Waals surface area (Å²) in [6.07, 6.45) is 4.01. The van der Waals surface area contributed by atoms with Crippen LogP contribution in [0.2, 0.25) is 0 Å². The Labute approximate surface area is 70.4 Å². The van der Waals surface area contributed by atoms with E-state index in [0.29, 0.717) is 5.41 Å². The van der Waals surface area contributed by atoms with Crippen molar-refractivity contribution in [3.05, 3.63) is 0 Å². The molecule has 1 heteroatoms. The van der Waals surface area contributed by atoms with E-state index >= 15 is 0 Å². The van der Waals surface area contributed by atoms with Crippen LogP contribution in [0.25, 0.3) is 0 Å². The van der Waals surface area contributed by atoms with Crippen LogP contribution in [0, 0.1) is 17.3 Å². The van der Waals surface area contributed by atoms with Crippen LogP contribution in [0.3, 0.4) is 0 Å². The Morgan fingerprint density at radius 3 is 2.36 bits per heavy atom. The van der Waals surface area contributed by atoms with Crippen molar-refractivity contribution in [1.29, 1.82) is 0 Å². The summed E-state index contributed by atoms with van der Waals surface area (Å²) in [6.45, 7) is 8.02. The summed E-state index contributed by atoms with van der Waals surface area (Å²) in [6, 6.07) is 0. The lowest BCUT2D eigenvalue weighted by Crippen LogP contribution is -2.25. The molecule has 0 aromatic rings. The fourth-order valence-electron chi connectivity index (χ4n) is 2.32. The SMILES string of the molecule is C[C@H]1CC[C@H](CCN)C1(C)C. The van der Waals surface area contributed by atoms with Gasteiger partial charge in [-0.3, -0.25) is 0 Å². The van der Waals surface area contributed by atoms with Gasteiger partial charge in [0.15, 0.2) is 0 Å². The first-order valence-corrected chi connectivity index (χ1v) is 4.79. The van der Waals surface area contributed by atoms with Crippen LogP contribution < -0.4 is 5.73 Å². The molecule has 0 saturated heterocycles. The van der Waals surface area contributed by atoms with E-state index in [0.717, 1.165) is 18.4 Å². The lowest BCUT2D eigenvalue weighted by molar-refractivity contribution is 0.191. The molecule has 0 aromatic carbocycles. The van der Waals surface area contributed by atoms with Gasteiger partial charge in [-0.25, -0.2) is 0 Å². The molecule has 11 heavy (non-hydrogen) atoms. The summed E-state index contributed by atoms with van der Waals surface area (Å²) >= 11 is 0. The van der Waals surface area contributed by atoms with Crippen molar-refractivity contribution in [3.63, 3.8) is 0 Å². The van der Waals surface area contributed by atoms with Gasteiger partial charge in [-0.2, -0.15) is 0 Å². The second-order valence-corrected chi connectivity index (χ2v) is 4.57. The molecule has 1 aliphatic carbocycles. The largest absolute Gasteiger partial charge is 0.330 e. The Hall–Kier alpha value is -0.0400.